The van der Waals surface area contributed by atoms with Crippen molar-refractivity contribution in [2.75, 3.05) is 16.4 Å². The molecule has 1 aromatic heterocycles. The zero-order valence-electron chi connectivity index (χ0n) is 11.1. The summed E-state index contributed by atoms with van der Waals surface area (Å²) in [5.41, 5.74) is 7.15. The highest BCUT2D eigenvalue weighted by atomic mass is 19.1. The van der Waals surface area contributed by atoms with Crippen molar-refractivity contribution in [2.24, 2.45) is 0 Å². The van der Waals surface area contributed by atoms with Crippen molar-refractivity contribution in [1.82, 2.24) is 9.97 Å². The van der Waals surface area contributed by atoms with Crippen LogP contribution in [0.4, 0.5) is 26.6 Å². The lowest BCUT2D eigenvalue weighted by atomic mass is 10.2. The molecule has 1 aromatic carbocycles. The minimum atomic E-state index is -0.686. The molecule has 0 aliphatic rings. The quantitative estimate of drug-likeness (QED) is 0.784. The fourth-order valence-electron chi connectivity index (χ4n) is 1.54. The Morgan fingerprint density at radius 2 is 1.80 bits per heavy atom. The number of aryl methyl sites for hydroxylation is 2. The van der Waals surface area contributed by atoms with Crippen LogP contribution in [0.5, 0.6) is 0 Å². The predicted molar refractivity (Wildman–Crippen MR) is 75.0 cm³/mol. The van der Waals surface area contributed by atoms with Gasteiger partial charge in [0.15, 0.2) is 11.6 Å². The maximum absolute atomic E-state index is 13.3. The Morgan fingerprint density at radius 3 is 2.40 bits per heavy atom. The first kappa shape index (κ1) is 13.7. The third-order valence-corrected chi connectivity index (χ3v) is 2.58. The molecule has 0 aliphatic carbocycles. The van der Waals surface area contributed by atoms with E-state index in [1.807, 2.05) is 19.1 Å². The number of hydrogen-bond donors (Lipinski definition) is 3. The number of aromatic nitrogens is 2. The third-order valence-electron chi connectivity index (χ3n) is 2.58. The Labute approximate surface area is 115 Å². The summed E-state index contributed by atoms with van der Waals surface area (Å²) in [6.45, 7) is 3.39. The molecule has 7 heteroatoms. The van der Waals surface area contributed by atoms with Crippen LogP contribution in [0.3, 0.4) is 0 Å². The highest BCUT2D eigenvalue weighted by Gasteiger charge is 2.10. The zero-order valence-corrected chi connectivity index (χ0v) is 11.1. The van der Waals surface area contributed by atoms with E-state index >= 15 is 0 Å². The van der Waals surface area contributed by atoms with Gasteiger partial charge in [0.05, 0.1) is 5.69 Å². The lowest BCUT2D eigenvalue weighted by Crippen LogP contribution is -2.21. The number of nitrogens with zero attached hydrogens (tertiary/aromatic N) is 2. The standard InChI is InChI=1S/C13H14FN5O/c1-7-3-5-9(6-4-7)17-13(20)19-12-16-8(2)10(14)11(15)18-12/h3-6H,1-2H3,(H4,15,16,17,18,19,20). The van der Waals surface area contributed by atoms with Crippen molar-refractivity contribution in [3.63, 3.8) is 0 Å². The summed E-state index contributed by atoms with van der Waals surface area (Å²) in [6.07, 6.45) is 0. The average molecular weight is 275 g/mol. The van der Waals surface area contributed by atoms with Gasteiger partial charge in [-0.2, -0.15) is 4.98 Å². The summed E-state index contributed by atoms with van der Waals surface area (Å²) in [4.78, 5) is 19.2. The van der Waals surface area contributed by atoms with Crippen molar-refractivity contribution < 1.29 is 9.18 Å². The number of nitrogens with one attached hydrogen (secondary N) is 2. The summed E-state index contributed by atoms with van der Waals surface area (Å²) in [6, 6.07) is 6.73. The summed E-state index contributed by atoms with van der Waals surface area (Å²) < 4.78 is 13.3. The van der Waals surface area contributed by atoms with Gasteiger partial charge in [0.2, 0.25) is 5.95 Å². The largest absolute Gasteiger partial charge is 0.381 e. The number of anilines is 3. The van der Waals surface area contributed by atoms with Gasteiger partial charge < -0.3 is 11.1 Å². The van der Waals surface area contributed by atoms with Gasteiger partial charge in [0.25, 0.3) is 0 Å². The minimum absolute atomic E-state index is 0.0500. The van der Waals surface area contributed by atoms with Gasteiger partial charge in [-0.25, -0.2) is 14.2 Å². The van der Waals surface area contributed by atoms with Crippen LogP contribution in [0, 0.1) is 19.7 Å². The Kier molecular flexibility index (Phi) is 3.79. The molecule has 2 rings (SSSR count). The highest BCUT2D eigenvalue weighted by Crippen LogP contribution is 2.13. The van der Waals surface area contributed by atoms with Crippen LogP contribution in [-0.4, -0.2) is 16.0 Å². The van der Waals surface area contributed by atoms with Crippen molar-refractivity contribution >= 4 is 23.5 Å². The van der Waals surface area contributed by atoms with E-state index in [4.69, 9.17) is 5.73 Å². The van der Waals surface area contributed by atoms with E-state index < -0.39 is 11.8 Å². The predicted octanol–water partition coefficient (Wildman–Crippen LogP) is 2.46. The molecular weight excluding hydrogens is 261 g/mol. The molecule has 2 amide bonds. The normalized spacial score (nSPS) is 10.2. The summed E-state index contributed by atoms with van der Waals surface area (Å²) in [5.74, 6) is -1.04. The summed E-state index contributed by atoms with van der Waals surface area (Å²) >= 11 is 0. The lowest BCUT2D eigenvalue weighted by molar-refractivity contribution is 0.262. The van der Waals surface area contributed by atoms with Crippen LogP contribution in [0.1, 0.15) is 11.3 Å². The maximum Gasteiger partial charge on any atom is 0.326 e. The molecule has 0 aliphatic heterocycles. The SMILES string of the molecule is Cc1ccc(NC(=O)Nc2nc(C)c(F)c(N)n2)cc1. The van der Waals surface area contributed by atoms with E-state index in [-0.39, 0.29) is 17.5 Å². The zero-order chi connectivity index (χ0) is 14.7. The van der Waals surface area contributed by atoms with Crippen LogP contribution in [0.25, 0.3) is 0 Å². The molecule has 0 saturated carbocycles. The number of hydrogen-bond acceptors (Lipinski definition) is 4. The fourth-order valence-corrected chi connectivity index (χ4v) is 1.54. The van der Waals surface area contributed by atoms with Gasteiger partial charge in [-0.1, -0.05) is 17.7 Å². The fraction of sp³-hybridized carbons (Fsp3) is 0.154. The number of nitrogen functional groups attached to an aromatic ring is 1. The molecule has 0 atom stereocenters. The van der Waals surface area contributed by atoms with Crippen LogP contribution in [-0.2, 0) is 0 Å². The Hall–Kier alpha value is -2.70. The van der Waals surface area contributed by atoms with E-state index in [2.05, 4.69) is 20.6 Å². The second-order valence-corrected chi connectivity index (χ2v) is 4.28. The number of amides is 2. The van der Waals surface area contributed by atoms with Gasteiger partial charge in [-0.3, -0.25) is 5.32 Å². The second-order valence-electron chi connectivity index (χ2n) is 4.28. The Morgan fingerprint density at radius 1 is 1.15 bits per heavy atom. The first-order valence-corrected chi connectivity index (χ1v) is 5.90. The molecule has 4 N–H and O–H groups in total. The molecular formula is C13H14FN5O. The molecule has 0 radical (unpaired) electrons. The molecule has 0 saturated heterocycles. The number of carbonyl (C=O) groups is 1. The number of rotatable bonds is 2. The van der Waals surface area contributed by atoms with E-state index in [1.165, 1.54) is 6.92 Å². The second kappa shape index (κ2) is 5.52. The van der Waals surface area contributed by atoms with Crippen molar-refractivity contribution in [1.29, 1.82) is 0 Å². The van der Waals surface area contributed by atoms with Gasteiger partial charge in [-0.05, 0) is 26.0 Å². The summed E-state index contributed by atoms with van der Waals surface area (Å²) in [7, 11) is 0. The number of nitrogens with two attached hydrogens (primary N) is 1. The van der Waals surface area contributed by atoms with Gasteiger partial charge >= 0.3 is 6.03 Å². The van der Waals surface area contributed by atoms with Crippen LogP contribution >= 0.6 is 0 Å². The first-order valence-electron chi connectivity index (χ1n) is 5.90. The van der Waals surface area contributed by atoms with Gasteiger partial charge in [0.1, 0.15) is 0 Å². The minimum Gasteiger partial charge on any atom is -0.381 e. The van der Waals surface area contributed by atoms with Crippen LogP contribution in [0.15, 0.2) is 24.3 Å². The first-order chi connectivity index (χ1) is 9.45. The maximum atomic E-state index is 13.3. The Balaban J connectivity index is 2.06. The van der Waals surface area contributed by atoms with E-state index in [0.717, 1.165) is 5.56 Å². The van der Waals surface area contributed by atoms with Crippen molar-refractivity contribution in [2.45, 2.75) is 13.8 Å². The molecule has 2 aromatic rings. The molecule has 6 nitrogen and oxygen atoms in total. The van der Waals surface area contributed by atoms with Crippen LogP contribution in [0.2, 0.25) is 0 Å². The topological polar surface area (TPSA) is 92.9 Å². The van der Waals surface area contributed by atoms with Crippen molar-refractivity contribution in [3.8, 4) is 0 Å². The molecule has 0 unspecified atom stereocenters. The van der Waals surface area contributed by atoms with Crippen molar-refractivity contribution in [3.05, 3.63) is 41.3 Å². The molecule has 0 bridgehead atoms. The van der Waals surface area contributed by atoms with Crippen LogP contribution < -0.4 is 16.4 Å². The van der Waals surface area contributed by atoms with E-state index in [0.29, 0.717) is 5.69 Å². The lowest BCUT2D eigenvalue weighted by Gasteiger charge is -2.08. The van der Waals surface area contributed by atoms with E-state index in [9.17, 15) is 9.18 Å². The monoisotopic (exact) mass is 275 g/mol. The highest BCUT2D eigenvalue weighted by molar-refractivity contribution is 5.98. The number of benzene rings is 1. The third kappa shape index (κ3) is 3.19. The van der Waals surface area contributed by atoms with Gasteiger partial charge in [0, 0.05) is 5.69 Å². The van der Waals surface area contributed by atoms with Gasteiger partial charge in [-0.15, -0.1) is 0 Å². The molecule has 104 valence electrons. The number of carbonyl (C=O) groups excluding carboxylic acids is 1. The molecule has 0 spiro atoms. The van der Waals surface area contributed by atoms with E-state index in [1.54, 1.807) is 12.1 Å². The smallest absolute Gasteiger partial charge is 0.326 e. The average Bonchev–Trinajstić information content (AvgIpc) is 2.38. The molecule has 1 heterocycles. The number of halogens is 1. The molecule has 20 heavy (non-hydrogen) atoms. The number of urea groups is 1. The summed E-state index contributed by atoms with van der Waals surface area (Å²) in [5, 5.41) is 5.00. The molecule has 0 fully saturated rings. The Bertz CT molecular complexity index is 619.